The van der Waals surface area contributed by atoms with Gasteiger partial charge < -0.3 is 16.0 Å². The maximum absolute atomic E-state index is 13.1. The van der Waals surface area contributed by atoms with Gasteiger partial charge in [-0.25, -0.2) is 4.39 Å². The highest BCUT2D eigenvalue weighted by Crippen LogP contribution is 2.21. The van der Waals surface area contributed by atoms with Crippen LogP contribution in [0.1, 0.15) is 5.69 Å². The van der Waals surface area contributed by atoms with Gasteiger partial charge in [0.15, 0.2) is 0 Å². The fourth-order valence-electron chi connectivity index (χ4n) is 1.36. The van der Waals surface area contributed by atoms with Crippen LogP contribution in [0, 0.1) is 5.82 Å². The van der Waals surface area contributed by atoms with E-state index in [2.05, 4.69) is 10.3 Å². The Balaban J connectivity index is 2.08. The van der Waals surface area contributed by atoms with Crippen molar-refractivity contribution in [1.29, 1.82) is 0 Å². The first-order chi connectivity index (χ1) is 7.27. The van der Waals surface area contributed by atoms with Gasteiger partial charge in [0, 0.05) is 11.9 Å². The van der Waals surface area contributed by atoms with Crippen LogP contribution in [0.15, 0.2) is 36.5 Å². The molecule has 1 heterocycles. The maximum atomic E-state index is 13.1. The lowest BCUT2D eigenvalue weighted by molar-refractivity contribution is 0.633. The second-order valence-electron chi connectivity index (χ2n) is 3.25. The Labute approximate surface area is 87.1 Å². The Kier molecular flexibility index (Phi) is 2.58. The maximum Gasteiger partial charge on any atom is 0.148 e. The van der Waals surface area contributed by atoms with E-state index in [0.29, 0.717) is 12.2 Å². The average Bonchev–Trinajstić information content (AvgIpc) is 2.73. The van der Waals surface area contributed by atoms with Crippen molar-refractivity contribution in [2.24, 2.45) is 0 Å². The summed E-state index contributed by atoms with van der Waals surface area (Å²) in [5, 5.41) is 3.06. The monoisotopic (exact) mass is 205 g/mol. The van der Waals surface area contributed by atoms with Crippen LogP contribution in [0.4, 0.5) is 15.8 Å². The molecule has 0 bridgehead atoms. The molecule has 0 radical (unpaired) electrons. The van der Waals surface area contributed by atoms with Crippen molar-refractivity contribution in [1.82, 2.24) is 4.98 Å². The van der Waals surface area contributed by atoms with Crippen LogP contribution in [-0.4, -0.2) is 4.98 Å². The lowest BCUT2D eigenvalue weighted by Crippen LogP contribution is -2.03. The third kappa shape index (κ3) is 2.10. The van der Waals surface area contributed by atoms with Gasteiger partial charge in [0.1, 0.15) is 5.82 Å². The van der Waals surface area contributed by atoms with Crippen molar-refractivity contribution >= 4 is 11.4 Å². The van der Waals surface area contributed by atoms with Crippen molar-refractivity contribution in [3.8, 4) is 0 Å². The van der Waals surface area contributed by atoms with Gasteiger partial charge in [-0.1, -0.05) is 6.07 Å². The molecule has 4 N–H and O–H groups in total. The van der Waals surface area contributed by atoms with E-state index in [1.54, 1.807) is 12.1 Å². The van der Waals surface area contributed by atoms with E-state index >= 15 is 0 Å². The standard InChI is InChI=1S/C11H12FN3/c12-9-4-1-5-10(11(9)13)15-7-8-3-2-6-14-8/h1-6,14-15H,7,13H2. The molecular weight excluding hydrogens is 193 g/mol. The van der Waals surface area contributed by atoms with Gasteiger partial charge >= 0.3 is 0 Å². The predicted molar refractivity (Wildman–Crippen MR) is 58.9 cm³/mol. The minimum absolute atomic E-state index is 0.157. The van der Waals surface area contributed by atoms with E-state index in [4.69, 9.17) is 5.73 Å². The van der Waals surface area contributed by atoms with Crippen LogP contribution in [0.5, 0.6) is 0 Å². The number of aromatic nitrogens is 1. The van der Waals surface area contributed by atoms with Gasteiger partial charge in [-0.15, -0.1) is 0 Å². The van der Waals surface area contributed by atoms with Crippen LogP contribution in [0.3, 0.4) is 0 Å². The summed E-state index contributed by atoms with van der Waals surface area (Å²) in [5.41, 5.74) is 7.37. The van der Waals surface area contributed by atoms with Crippen LogP contribution in [0.25, 0.3) is 0 Å². The number of halogens is 1. The summed E-state index contributed by atoms with van der Waals surface area (Å²) in [7, 11) is 0. The Hall–Kier alpha value is -1.97. The number of hydrogen-bond donors (Lipinski definition) is 3. The number of anilines is 2. The number of nitrogens with one attached hydrogen (secondary N) is 2. The molecule has 2 aromatic rings. The number of benzene rings is 1. The fourth-order valence-corrected chi connectivity index (χ4v) is 1.36. The average molecular weight is 205 g/mol. The number of rotatable bonds is 3. The van der Waals surface area contributed by atoms with Crippen molar-refractivity contribution in [3.05, 3.63) is 48.0 Å². The minimum Gasteiger partial charge on any atom is -0.395 e. The Morgan fingerprint density at radius 3 is 2.87 bits per heavy atom. The molecule has 0 spiro atoms. The van der Waals surface area contributed by atoms with Crippen LogP contribution >= 0.6 is 0 Å². The summed E-state index contributed by atoms with van der Waals surface area (Å²) >= 11 is 0. The molecule has 0 fully saturated rings. The number of H-pyrrole nitrogens is 1. The predicted octanol–water partition coefficient (Wildman–Crippen LogP) is 2.35. The number of para-hydroxylation sites is 1. The Morgan fingerprint density at radius 1 is 1.27 bits per heavy atom. The van der Waals surface area contributed by atoms with Crippen LogP contribution < -0.4 is 11.1 Å². The van der Waals surface area contributed by atoms with Gasteiger partial charge in [-0.3, -0.25) is 0 Å². The smallest absolute Gasteiger partial charge is 0.148 e. The molecule has 0 aliphatic rings. The zero-order chi connectivity index (χ0) is 10.7. The zero-order valence-corrected chi connectivity index (χ0v) is 8.13. The molecule has 2 rings (SSSR count). The highest BCUT2D eigenvalue weighted by molar-refractivity contribution is 5.66. The molecule has 1 aromatic carbocycles. The Bertz CT molecular complexity index is 437. The van der Waals surface area contributed by atoms with Crippen molar-refractivity contribution in [3.63, 3.8) is 0 Å². The number of hydrogen-bond acceptors (Lipinski definition) is 2. The third-order valence-electron chi connectivity index (χ3n) is 2.18. The molecule has 0 amide bonds. The van der Waals surface area contributed by atoms with Crippen molar-refractivity contribution in [2.75, 3.05) is 11.1 Å². The lowest BCUT2D eigenvalue weighted by atomic mass is 10.2. The van der Waals surface area contributed by atoms with Gasteiger partial charge in [-0.05, 0) is 24.3 Å². The molecule has 0 aliphatic heterocycles. The third-order valence-corrected chi connectivity index (χ3v) is 2.18. The summed E-state index contributed by atoms with van der Waals surface area (Å²) in [6, 6.07) is 8.58. The summed E-state index contributed by atoms with van der Waals surface area (Å²) < 4.78 is 13.1. The molecule has 15 heavy (non-hydrogen) atoms. The van der Waals surface area contributed by atoms with E-state index in [1.165, 1.54) is 6.07 Å². The highest BCUT2D eigenvalue weighted by atomic mass is 19.1. The van der Waals surface area contributed by atoms with E-state index in [9.17, 15) is 4.39 Å². The lowest BCUT2D eigenvalue weighted by Gasteiger charge is -2.08. The topological polar surface area (TPSA) is 53.8 Å². The SMILES string of the molecule is Nc1c(F)cccc1NCc1ccc[nH]1. The van der Waals surface area contributed by atoms with Gasteiger partial charge in [0.2, 0.25) is 0 Å². The molecule has 4 heteroatoms. The molecule has 0 unspecified atom stereocenters. The summed E-state index contributed by atoms with van der Waals surface area (Å²) in [4.78, 5) is 3.04. The first-order valence-electron chi connectivity index (χ1n) is 4.67. The quantitative estimate of drug-likeness (QED) is 0.674. The van der Waals surface area contributed by atoms with Crippen LogP contribution in [0.2, 0.25) is 0 Å². The second-order valence-corrected chi connectivity index (χ2v) is 3.25. The van der Waals surface area contributed by atoms with E-state index in [0.717, 1.165) is 5.69 Å². The molecule has 0 aliphatic carbocycles. The van der Waals surface area contributed by atoms with Crippen molar-refractivity contribution < 1.29 is 4.39 Å². The van der Waals surface area contributed by atoms with Crippen molar-refractivity contribution in [2.45, 2.75) is 6.54 Å². The van der Waals surface area contributed by atoms with E-state index < -0.39 is 5.82 Å². The molecule has 78 valence electrons. The Morgan fingerprint density at radius 2 is 2.13 bits per heavy atom. The molecular formula is C11H12FN3. The highest BCUT2D eigenvalue weighted by Gasteiger charge is 2.03. The normalized spacial score (nSPS) is 10.2. The molecule has 0 saturated carbocycles. The van der Waals surface area contributed by atoms with Gasteiger partial charge in [0.25, 0.3) is 0 Å². The van der Waals surface area contributed by atoms with E-state index in [1.807, 2.05) is 18.3 Å². The molecule has 3 nitrogen and oxygen atoms in total. The fraction of sp³-hybridized carbons (Fsp3) is 0.0909. The zero-order valence-electron chi connectivity index (χ0n) is 8.13. The number of nitrogen functional groups attached to an aromatic ring is 1. The molecule has 0 atom stereocenters. The molecule has 0 saturated heterocycles. The van der Waals surface area contributed by atoms with Gasteiger partial charge in [0.05, 0.1) is 17.9 Å². The first kappa shape index (κ1) is 9.58. The summed E-state index contributed by atoms with van der Waals surface area (Å²) in [5.74, 6) is -0.397. The van der Waals surface area contributed by atoms with E-state index in [-0.39, 0.29) is 5.69 Å². The largest absolute Gasteiger partial charge is 0.395 e. The summed E-state index contributed by atoms with van der Waals surface area (Å²) in [6.07, 6.45) is 1.84. The minimum atomic E-state index is -0.397. The van der Waals surface area contributed by atoms with Gasteiger partial charge in [-0.2, -0.15) is 0 Å². The molecule has 1 aromatic heterocycles. The second kappa shape index (κ2) is 4.04. The van der Waals surface area contributed by atoms with Crippen LogP contribution in [-0.2, 0) is 6.54 Å². The number of aromatic amines is 1. The summed E-state index contributed by atoms with van der Waals surface area (Å²) in [6.45, 7) is 0.598. The first-order valence-corrected chi connectivity index (χ1v) is 4.67. The number of nitrogens with two attached hydrogens (primary N) is 1.